The number of carbonyl (C=O) groups is 1. The number of likely N-dealkylation sites (N-methyl/N-ethyl adjacent to an activating group) is 2. The van der Waals surface area contributed by atoms with Crippen molar-refractivity contribution in [3.63, 3.8) is 0 Å². The molecule has 0 aromatic rings. The number of hydrogen-bond acceptors (Lipinski definition) is 6. The third kappa shape index (κ3) is 42.2. The molecule has 1 unspecified atom stereocenters. The van der Waals surface area contributed by atoms with Crippen LogP contribution in [0.1, 0.15) is 207 Å². The number of hydrogen-bond donors (Lipinski definition) is 1. The van der Waals surface area contributed by atoms with Crippen LogP contribution in [-0.2, 0) is 14.2 Å². The Labute approximate surface area is 349 Å². The van der Waals surface area contributed by atoms with Crippen molar-refractivity contribution in [2.45, 2.75) is 214 Å². The topological polar surface area (TPSA) is 63.3 Å². The molecule has 0 rings (SSSR count). The van der Waals surface area contributed by atoms with Crippen LogP contribution in [0.25, 0.3) is 0 Å². The van der Waals surface area contributed by atoms with E-state index in [1.54, 1.807) is 0 Å². The molecule has 0 spiro atoms. The van der Waals surface area contributed by atoms with Crippen LogP contribution in [0.5, 0.6) is 0 Å². The van der Waals surface area contributed by atoms with Gasteiger partial charge in [-0.05, 0) is 84.3 Å². The molecular weight excluding hydrogens is 695 g/mol. The van der Waals surface area contributed by atoms with Gasteiger partial charge >= 0.3 is 6.09 Å². The van der Waals surface area contributed by atoms with Crippen LogP contribution < -0.4 is 5.32 Å². The minimum absolute atomic E-state index is 0.156. The Morgan fingerprint density at radius 2 is 0.946 bits per heavy atom. The van der Waals surface area contributed by atoms with Crippen molar-refractivity contribution in [1.29, 1.82) is 0 Å². The van der Waals surface area contributed by atoms with Crippen molar-refractivity contribution in [2.75, 3.05) is 72.7 Å². The number of amides is 1. The van der Waals surface area contributed by atoms with E-state index in [2.05, 4.69) is 74.2 Å². The summed E-state index contributed by atoms with van der Waals surface area (Å²) in [6.07, 6.45) is 45.5. The Hall–Kier alpha value is -1.41. The fourth-order valence-corrected chi connectivity index (χ4v) is 6.94. The Bertz CT molecular complexity index is 834. The van der Waals surface area contributed by atoms with Gasteiger partial charge in [-0.15, -0.1) is 0 Å². The maximum atomic E-state index is 12.5. The highest BCUT2D eigenvalue weighted by molar-refractivity contribution is 5.67. The first kappa shape index (κ1) is 54.6. The standard InChI is InChI=1S/C49H97N3O4/c1-6-10-12-14-16-18-20-22-24-26-28-30-32-34-36-38-43-54-47-48(46-50-49(53)56-45-42-51(5)40-41-52(8-3)9-4)55-44-39-37-35-33-31-29-27-25-23-21-19-17-15-13-11-7-2/h22-25,48H,6-21,26-47H2,1-5H3,(H,50,53)/b24-22-,25-23-. The van der Waals surface area contributed by atoms with Gasteiger partial charge in [-0.3, -0.25) is 0 Å². The molecule has 1 N–H and O–H groups in total. The van der Waals surface area contributed by atoms with Crippen molar-refractivity contribution in [3.05, 3.63) is 24.3 Å². The molecule has 0 aliphatic rings. The lowest BCUT2D eigenvalue weighted by Crippen LogP contribution is -2.38. The molecule has 0 heterocycles. The van der Waals surface area contributed by atoms with Crippen molar-refractivity contribution in [3.8, 4) is 0 Å². The highest BCUT2D eigenvalue weighted by Crippen LogP contribution is 2.12. The van der Waals surface area contributed by atoms with Gasteiger partial charge in [0.1, 0.15) is 6.61 Å². The Morgan fingerprint density at radius 3 is 1.41 bits per heavy atom. The minimum Gasteiger partial charge on any atom is -0.448 e. The van der Waals surface area contributed by atoms with E-state index in [0.29, 0.717) is 26.4 Å². The Balaban J connectivity index is 4.20. The predicted molar refractivity (Wildman–Crippen MR) is 244 cm³/mol. The molecule has 0 aromatic carbocycles. The molecule has 0 fully saturated rings. The van der Waals surface area contributed by atoms with Crippen LogP contribution in [-0.4, -0.2) is 94.7 Å². The van der Waals surface area contributed by atoms with Crippen LogP contribution in [0.3, 0.4) is 0 Å². The molecule has 56 heavy (non-hydrogen) atoms. The molecule has 0 radical (unpaired) electrons. The van der Waals surface area contributed by atoms with Crippen LogP contribution in [0.15, 0.2) is 24.3 Å². The molecule has 0 saturated heterocycles. The second-order valence-corrected chi connectivity index (χ2v) is 16.3. The van der Waals surface area contributed by atoms with Crippen molar-refractivity contribution >= 4 is 6.09 Å². The van der Waals surface area contributed by atoms with Gasteiger partial charge in [0, 0.05) is 39.4 Å². The molecule has 1 atom stereocenters. The lowest BCUT2D eigenvalue weighted by atomic mass is 10.1. The Morgan fingerprint density at radius 1 is 0.518 bits per heavy atom. The van der Waals surface area contributed by atoms with Crippen LogP contribution in [0.2, 0.25) is 0 Å². The summed E-state index contributed by atoms with van der Waals surface area (Å²) in [7, 11) is 2.08. The van der Waals surface area contributed by atoms with Crippen molar-refractivity contribution in [1.82, 2.24) is 15.1 Å². The van der Waals surface area contributed by atoms with Gasteiger partial charge in [0.15, 0.2) is 0 Å². The highest BCUT2D eigenvalue weighted by Gasteiger charge is 2.13. The first-order chi connectivity index (χ1) is 27.6. The summed E-state index contributed by atoms with van der Waals surface area (Å²) >= 11 is 0. The molecule has 0 aromatic heterocycles. The third-order valence-corrected chi connectivity index (χ3v) is 11.0. The summed E-state index contributed by atoms with van der Waals surface area (Å²) in [5.41, 5.74) is 0. The maximum absolute atomic E-state index is 12.5. The maximum Gasteiger partial charge on any atom is 0.407 e. The monoisotopic (exact) mass is 792 g/mol. The van der Waals surface area contributed by atoms with E-state index < -0.39 is 0 Å². The summed E-state index contributed by atoms with van der Waals surface area (Å²) in [4.78, 5) is 17.1. The van der Waals surface area contributed by atoms with Gasteiger partial charge in [-0.25, -0.2) is 4.79 Å². The zero-order valence-electron chi connectivity index (χ0n) is 38.3. The molecule has 7 heteroatoms. The second kappa shape index (κ2) is 46.3. The number of alkyl carbamates (subject to hydrolysis) is 1. The summed E-state index contributed by atoms with van der Waals surface area (Å²) in [5, 5.41) is 2.94. The average molecular weight is 792 g/mol. The van der Waals surface area contributed by atoms with Gasteiger partial charge in [-0.1, -0.05) is 168 Å². The SMILES string of the molecule is CCCCCCCC/C=C\CCCCCCCCOCC(CNC(=O)OCCN(C)CCN(CC)CC)OCCCCCCCC/C=C\CCCCCCCC. The minimum atomic E-state index is -0.374. The van der Waals surface area contributed by atoms with E-state index >= 15 is 0 Å². The lowest BCUT2D eigenvalue weighted by molar-refractivity contribution is -0.0175. The number of nitrogens with zero attached hydrogens (tertiary/aromatic N) is 2. The number of nitrogens with one attached hydrogen (secondary N) is 1. The molecule has 7 nitrogen and oxygen atoms in total. The number of allylic oxidation sites excluding steroid dienone is 4. The van der Waals surface area contributed by atoms with E-state index in [0.717, 1.165) is 52.2 Å². The van der Waals surface area contributed by atoms with Crippen LogP contribution in [0, 0.1) is 0 Å². The Kier molecular flexibility index (Phi) is 45.1. The molecule has 0 bridgehead atoms. The average Bonchev–Trinajstić information content (AvgIpc) is 3.20. The summed E-state index contributed by atoms with van der Waals surface area (Å²) in [6.45, 7) is 16.6. The molecule has 0 aliphatic heterocycles. The van der Waals surface area contributed by atoms with Gasteiger partial charge in [-0.2, -0.15) is 0 Å². The van der Waals surface area contributed by atoms with Crippen LogP contribution in [0.4, 0.5) is 4.79 Å². The smallest absolute Gasteiger partial charge is 0.407 e. The first-order valence-electron chi connectivity index (χ1n) is 24.4. The molecule has 1 amide bonds. The normalized spacial score (nSPS) is 12.6. The number of rotatable bonds is 45. The fourth-order valence-electron chi connectivity index (χ4n) is 6.94. The summed E-state index contributed by atoms with van der Waals surface area (Å²) in [5.74, 6) is 0. The van der Waals surface area contributed by atoms with Gasteiger partial charge in [0.25, 0.3) is 0 Å². The van der Waals surface area contributed by atoms with Crippen molar-refractivity contribution < 1.29 is 19.0 Å². The zero-order chi connectivity index (χ0) is 40.8. The van der Waals surface area contributed by atoms with Gasteiger partial charge in [0.05, 0.1) is 12.7 Å². The quantitative estimate of drug-likeness (QED) is 0.0489. The van der Waals surface area contributed by atoms with E-state index in [1.165, 1.54) is 167 Å². The predicted octanol–water partition coefficient (Wildman–Crippen LogP) is 13.5. The summed E-state index contributed by atoms with van der Waals surface area (Å²) < 4.78 is 17.8. The zero-order valence-corrected chi connectivity index (χ0v) is 38.3. The highest BCUT2D eigenvalue weighted by atomic mass is 16.6. The van der Waals surface area contributed by atoms with E-state index in [-0.39, 0.29) is 12.2 Å². The van der Waals surface area contributed by atoms with E-state index in [4.69, 9.17) is 14.2 Å². The molecule has 332 valence electrons. The number of carbonyl (C=O) groups excluding carboxylic acids is 1. The molecule has 0 saturated carbocycles. The fraction of sp³-hybridized carbons (Fsp3) is 0.898. The van der Waals surface area contributed by atoms with Crippen molar-refractivity contribution in [2.24, 2.45) is 0 Å². The number of ether oxygens (including phenoxy) is 3. The molecular formula is C49H97N3O4. The van der Waals surface area contributed by atoms with Crippen LogP contribution >= 0.6 is 0 Å². The first-order valence-corrected chi connectivity index (χ1v) is 24.4. The summed E-state index contributed by atoms with van der Waals surface area (Å²) in [6, 6.07) is 0. The van der Waals surface area contributed by atoms with Gasteiger partial charge in [0.2, 0.25) is 0 Å². The largest absolute Gasteiger partial charge is 0.448 e. The third-order valence-electron chi connectivity index (χ3n) is 11.0. The molecule has 0 aliphatic carbocycles. The van der Waals surface area contributed by atoms with Gasteiger partial charge < -0.3 is 29.3 Å². The lowest BCUT2D eigenvalue weighted by Gasteiger charge is -2.23. The van der Waals surface area contributed by atoms with E-state index in [1.807, 2.05) is 0 Å². The second-order valence-electron chi connectivity index (χ2n) is 16.3. The van der Waals surface area contributed by atoms with E-state index in [9.17, 15) is 4.79 Å². The number of unbranched alkanes of at least 4 members (excludes halogenated alkanes) is 24.